The lowest BCUT2D eigenvalue weighted by molar-refractivity contribution is 0.0742. The first-order valence-electron chi connectivity index (χ1n) is 9.10. The third-order valence-corrected chi connectivity index (χ3v) is 5.10. The van der Waals surface area contributed by atoms with Crippen LogP contribution < -0.4 is 0 Å². The van der Waals surface area contributed by atoms with Crippen LogP contribution in [0.4, 0.5) is 4.39 Å². The number of hydrogen-bond donors (Lipinski definition) is 0. The number of para-hydroxylation sites is 2. The van der Waals surface area contributed by atoms with Crippen molar-refractivity contribution in [3.8, 4) is 5.69 Å². The number of imidazole rings is 1. The summed E-state index contributed by atoms with van der Waals surface area (Å²) in [7, 11) is 1.76. The fourth-order valence-electron chi connectivity index (χ4n) is 3.27. The number of benzene rings is 3. The standard InChI is InChI=1S/C23H20FN3O/c1-16(26(2)23(28)18-7-11-19(24)12-8-18)17-9-13-20(14-10-17)27-15-25-21-5-3-4-6-22(21)27/h3-16H,1-2H3. The number of nitrogens with zero attached hydrogens (tertiary/aromatic N) is 3. The lowest BCUT2D eigenvalue weighted by atomic mass is 10.1. The van der Waals surface area contributed by atoms with E-state index in [0.717, 1.165) is 22.3 Å². The molecule has 0 aliphatic carbocycles. The zero-order valence-electron chi connectivity index (χ0n) is 15.7. The topological polar surface area (TPSA) is 38.1 Å². The Kier molecular flexibility index (Phi) is 4.65. The number of fused-ring (bicyclic) bond motifs is 1. The van der Waals surface area contributed by atoms with Crippen molar-refractivity contribution in [2.24, 2.45) is 0 Å². The normalized spacial score (nSPS) is 12.1. The molecule has 1 aromatic heterocycles. The van der Waals surface area contributed by atoms with Crippen molar-refractivity contribution >= 4 is 16.9 Å². The number of carbonyl (C=O) groups excluding carboxylic acids is 1. The van der Waals surface area contributed by atoms with Gasteiger partial charge in [0.15, 0.2) is 0 Å². The first-order valence-corrected chi connectivity index (χ1v) is 9.10. The summed E-state index contributed by atoms with van der Waals surface area (Å²) in [5.41, 5.74) is 4.50. The summed E-state index contributed by atoms with van der Waals surface area (Å²) < 4.78 is 15.1. The lowest BCUT2D eigenvalue weighted by Gasteiger charge is -2.25. The molecule has 0 radical (unpaired) electrons. The second kappa shape index (κ2) is 7.27. The van der Waals surface area contributed by atoms with Gasteiger partial charge < -0.3 is 4.90 Å². The van der Waals surface area contributed by atoms with Crippen LogP contribution in [0, 0.1) is 5.82 Å². The average Bonchev–Trinajstić information content (AvgIpc) is 3.17. The van der Waals surface area contributed by atoms with E-state index in [9.17, 15) is 9.18 Å². The van der Waals surface area contributed by atoms with Crippen LogP contribution in [-0.2, 0) is 0 Å². The molecule has 1 unspecified atom stereocenters. The minimum atomic E-state index is -0.352. The summed E-state index contributed by atoms with van der Waals surface area (Å²) in [6, 6.07) is 21.6. The number of aromatic nitrogens is 2. The van der Waals surface area contributed by atoms with Crippen LogP contribution in [0.2, 0.25) is 0 Å². The predicted molar refractivity (Wildman–Crippen MR) is 108 cm³/mol. The van der Waals surface area contributed by atoms with E-state index in [1.807, 2.05) is 66.3 Å². The molecule has 28 heavy (non-hydrogen) atoms. The Morgan fingerprint density at radius 1 is 1.00 bits per heavy atom. The number of rotatable bonds is 4. The van der Waals surface area contributed by atoms with Crippen molar-refractivity contribution in [2.75, 3.05) is 7.05 Å². The number of amides is 1. The van der Waals surface area contributed by atoms with Crippen molar-refractivity contribution < 1.29 is 9.18 Å². The largest absolute Gasteiger partial charge is 0.335 e. The van der Waals surface area contributed by atoms with Crippen LogP contribution in [0.3, 0.4) is 0 Å². The number of halogens is 1. The van der Waals surface area contributed by atoms with Crippen LogP contribution in [0.15, 0.2) is 79.1 Å². The molecule has 0 N–H and O–H groups in total. The Morgan fingerprint density at radius 3 is 2.39 bits per heavy atom. The third-order valence-electron chi connectivity index (χ3n) is 5.10. The second-order valence-electron chi connectivity index (χ2n) is 6.79. The molecule has 3 aromatic carbocycles. The highest BCUT2D eigenvalue weighted by Gasteiger charge is 2.19. The molecule has 0 aliphatic rings. The van der Waals surface area contributed by atoms with E-state index in [1.165, 1.54) is 24.3 Å². The quantitative estimate of drug-likeness (QED) is 0.505. The van der Waals surface area contributed by atoms with Crippen LogP contribution in [0.1, 0.15) is 28.9 Å². The monoisotopic (exact) mass is 373 g/mol. The Balaban J connectivity index is 1.56. The highest BCUT2D eigenvalue weighted by atomic mass is 19.1. The highest BCUT2D eigenvalue weighted by Crippen LogP contribution is 2.24. The number of carbonyl (C=O) groups is 1. The first-order chi connectivity index (χ1) is 13.5. The van der Waals surface area contributed by atoms with E-state index >= 15 is 0 Å². The molecule has 1 atom stereocenters. The van der Waals surface area contributed by atoms with Crippen molar-refractivity contribution in [1.29, 1.82) is 0 Å². The molecule has 0 bridgehead atoms. The zero-order chi connectivity index (χ0) is 19.7. The smallest absolute Gasteiger partial charge is 0.254 e. The summed E-state index contributed by atoms with van der Waals surface area (Å²) in [5, 5.41) is 0. The fourth-order valence-corrected chi connectivity index (χ4v) is 3.27. The Morgan fingerprint density at radius 2 is 1.68 bits per heavy atom. The molecule has 1 heterocycles. The van der Waals surface area contributed by atoms with E-state index in [1.54, 1.807) is 11.9 Å². The second-order valence-corrected chi connectivity index (χ2v) is 6.79. The zero-order valence-corrected chi connectivity index (χ0v) is 15.7. The molecule has 5 heteroatoms. The Hall–Kier alpha value is -3.47. The summed E-state index contributed by atoms with van der Waals surface area (Å²) in [6.45, 7) is 1.98. The predicted octanol–water partition coefficient (Wildman–Crippen LogP) is 5.00. The van der Waals surface area contributed by atoms with Gasteiger partial charge in [-0.15, -0.1) is 0 Å². The van der Waals surface area contributed by atoms with Gasteiger partial charge in [0.2, 0.25) is 0 Å². The molecule has 4 aromatic rings. The highest BCUT2D eigenvalue weighted by molar-refractivity contribution is 5.94. The van der Waals surface area contributed by atoms with Gasteiger partial charge in [0.1, 0.15) is 12.1 Å². The van der Waals surface area contributed by atoms with Crippen molar-refractivity contribution in [3.05, 3.63) is 96.1 Å². The van der Waals surface area contributed by atoms with Crippen LogP contribution in [-0.4, -0.2) is 27.4 Å². The summed E-state index contributed by atoms with van der Waals surface area (Å²) in [6.07, 6.45) is 1.81. The average molecular weight is 373 g/mol. The SMILES string of the molecule is CC(c1ccc(-n2cnc3ccccc32)cc1)N(C)C(=O)c1ccc(F)cc1. The summed E-state index contributed by atoms with van der Waals surface area (Å²) >= 11 is 0. The minimum absolute atomic E-state index is 0.119. The van der Waals surface area contributed by atoms with E-state index in [-0.39, 0.29) is 17.8 Å². The molecule has 0 aliphatic heterocycles. The molecule has 4 nitrogen and oxygen atoms in total. The molecule has 0 fully saturated rings. The molecule has 0 spiro atoms. The molecule has 140 valence electrons. The van der Waals surface area contributed by atoms with Gasteiger partial charge >= 0.3 is 0 Å². The van der Waals surface area contributed by atoms with Crippen molar-refractivity contribution in [2.45, 2.75) is 13.0 Å². The van der Waals surface area contributed by atoms with E-state index in [2.05, 4.69) is 4.98 Å². The van der Waals surface area contributed by atoms with Gasteiger partial charge in [-0.1, -0.05) is 24.3 Å². The maximum absolute atomic E-state index is 13.1. The summed E-state index contributed by atoms with van der Waals surface area (Å²) in [4.78, 5) is 18.8. The molecule has 4 rings (SSSR count). The van der Waals surface area contributed by atoms with Gasteiger partial charge in [0.25, 0.3) is 5.91 Å². The molecule has 0 saturated carbocycles. The Bertz CT molecular complexity index is 1120. The molecular formula is C23H20FN3O. The maximum Gasteiger partial charge on any atom is 0.254 e. The van der Waals surface area contributed by atoms with Gasteiger partial charge in [-0.2, -0.15) is 0 Å². The van der Waals surface area contributed by atoms with Gasteiger partial charge in [0.05, 0.1) is 17.1 Å². The van der Waals surface area contributed by atoms with Gasteiger partial charge in [-0.3, -0.25) is 9.36 Å². The van der Waals surface area contributed by atoms with E-state index < -0.39 is 0 Å². The van der Waals surface area contributed by atoms with Crippen LogP contribution in [0.5, 0.6) is 0 Å². The molecular weight excluding hydrogens is 353 g/mol. The van der Waals surface area contributed by atoms with E-state index in [4.69, 9.17) is 0 Å². The Labute approximate surface area is 162 Å². The van der Waals surface area contributed by atoms with E-state index in [0.29, 0.717) is 5.56 Å². The van der Waals surface area contributed by atoms with Crippen molar-refractivity contribution in [3.63, 3.8) is 0 Å². The third kappa shape index (κ3) is 3.27. The number of hydrogen-bond acceptors (Lipinski definition) is 2. The van der Waals surface area contributed by atoms with Gasteiger partial charge in [0, 0.05) is 18.3 Å². The van der Waals surface area contributed by atoms with Crippen molar-refractivity contribution in [1.82, 2.24) is 14.5 Å². The summed E-state index contributed by atoms with van der Waals surface area (Å²) in [5.74, 6) is -0.493. The lowest BCUT2D eigenvalue weighted by Crippen LogP contribution is -2.29. The fraction of sp³-hybridized carbons (Fsp3) is 0.130. The minimum Gasteiger partial charge on any atom is -0.335 e. The first kappa shape index (κ1) is 17.9. The maximum atomic E-state index is 13.1. The van der Waals surface area contributed by atoms with Gasteiger partial charge in [-0.25, -0.2) is 9.37 Å². The molecule has 0 saturated heterocycles. The van der Waals surface area contributed by atoms with Crippen LogP contribution in [0.25, 0.3) is 16.7 Å². The van der Waals surface area contributed by atoms with Crippen LogP contribution >= 0.6 is 0 Å². The molecule has 1 amide bonds. The van der Waals surface area contributed by atoms with Gasteiger partial charge in [-0.05, 0) is 61.0 Å².